The summed E-state index contributed by atoms with van der Waals surface area (Å²) < 4.78 is 5.49. The van der Waals surface area contributed by atoms with Gasteiger partial charge in [0.25, 0.3) is 0 Å². The summed E-state index contributed by atoms with van der Waals surface area (Å²) >= 11 is 12.0. The molecule has 18 heavy (non-hydrogen) atoms. The Morgan fingerprint density at radius 1 is 1.28 bits per heavy atom. The zero-order valence-corrected chi connectivity index (χ0v) is 11.6. The van der Waals surface area contributed by atoms with Gasteiger partial charge in [-0.15, -0.1) is 0 Å². The Bertz CT molecular complexity index is 525. The molecule has 0 aliphatic heterocycles. The Morgan fingerprint density at radius 2 is 2.11 bits per heavy atom. The lowest BCUT2D eigenvalue weighted by molar-refractivity contribution is 0.439. The molecule has 1 aromatic heterocycles. The second-order valence-corrected chi connectivity index (χ2v) is 4.68. The van der Waals surface area contributed by atoms with Crippen molar-refractivity contribution < 1.29 is 4.42 Å². The zero-order valence-electron chi connectivity index (χ0n) is 10.0. The van der Waals surface area contributed by atoms with Gasteiger partial charge in [-0.05, 0) is 11.6 Å². The molecule has 0 saturated heterocycles. The third-order valence-corrected chi connectivity index (χ3v) is 3.43. The third-order valence-electron chi connectivity index (χ3n) is 2.57. The monoisotopic (exact) mass is 284 g/mol. The van der Waals surface area contributed by atoms with Crippen LogP contribution in [0.15, 0.2) is 28.8 Å². The van der Waals surface area contributed by atoms with Gasteiger partial charge in [-0.3, -0.25) is 0 Å². The van der Waals surface area contributed by atoms with Crippen molar-refractivity contribution in [3.8, 4) is 0 Å². The zero-order chi connectivity index (χ0) is 13.0. The first kappa shape index (κ1) is 13.4. The topological polar surface area (TPSA) is 38.1 Å². The molecule has 96 valence electrons. The highest BCUT2D eigenvalue weighted by molar-refractivity contribution is 6.42. The lowest BCUT2D eigenvalue weighted by Crippen LogP contribution is -2.13. The van der Waals surface area contributed by atoms with Crippen LogP contribution in [0.3, 0.4) is 0 Å². The van der Waals surface area contributed by atoms with Crippen LogP contribution in [0.4, 0.5) is 0 Å². The Morgan fingerprint density at radius 3 is 2.83 bits per heavy atom. The number of benzene rings is 1. The quantitative estimate of drug-likeness (QED) is 0.907. The molecule has 0 fully saturated rings. The lowest BCUT2D eigenvalue weighted by atomic mass is 10.2. The Balaban J connectivity index is 1.90. The molecule has 0 amide bonds. The fourth-order valence-electron chi connectivity index (χ4n) is 1.58. The highest BCUT2D eigenvalue weighted by atomic mass is 35.5. The van der Waals surface area contributed by atoms with Crippen LogP contribution in [-0.2, 0) is 19.5 Å². The van der Waals surface area contributed by atoms with E-state index in [-0.39, 0.29) is 0 Å². The molecular formula is C13H14Cl2N2O. The van der Waals surface area contributed by atoms with Gasteiger partial charge >= 0.3 is 0 Å². The van der Waals surface area contributed by atoms with Gasteiger partial charge in [0.15, 0.2) is 0 Å². The van der Waals surface area contributed by atoms with Crippen molar-refractivity contribution in [1.82, 2.24) is 10.3 Å². The first-order valence-electron chi connectivity index (χ1n) is 5.78. The molecule has 2 aromatic rings. The molecule has 0 aliphatic rings. The fourth-order valence-corrected chi connectivity index (χ4v) is 1.97. The summed E-state index contributed by atoms with van der Waals surface area (Å²) in [6, 6.07) is 5.59. The molecule has 0 bridgehead atoms. The van der Waals surface area contributed by atoms with E-state index in [1.165, 1.54) is 0 Å². The average Bonchev–Trinajstić information content (AvgIpc) is 2.82. The Kier molecular flexibility index (Phi) is 4.64. The molecule has 1 heterocycles. The molecule has 1 N–H and O–H groups in total. The van der Waals surface area contributed by atoms with E-state index in [1.54, 1.807) is 12.3 Å². The predicted molar refractivity (Wildman–Crippen MR) is 72.9 cm³/mol. The molecule has 0 unspecified atom stereocenters. The Labute approximate surface area is 116 Å². The van der Waals surface area contributed by atoms with Gasteiger partial charge in [-0.25, -0.2) is 4.98 Å². The first-order chi connectivity index (χ1) is 8.70. The molecule has 0 atom stereocenters. The third kappa shape index (κ3) is 3.25. The van der Waals surface area contributed by atoms with Crippen LogP contribution in [0.5, 0.6) is 0 Å². The highest BCUT2D eigenvalue weighted by Gasteiger charge is 2.05. The van der Waals surface area contributed by atoms with Gasteiger partial charge in [-0.1, -0.05) is 42.3 Å². The molecule has 0 radical (unpaired) electrons. The van der Waals surface area contributed by atoms with E-state index in [0.29, 0.717) is 29.0 Å². The van der Waals surface area contributed by atoms with Gasteiger partial charge in [0.1, 0.15) is 5.76 Å². The van der Waals surface area contributed by atoms with Crippen LogP contribution in [0.1, 0.15) is 24.1 Å². The van der Waals surface area contributed by atoms with Crippen molar-refractivity contribution >= 4 is 23.2 Å². The second-order valence-electron chi connectivity index (χ2n) is 3.89. The van der Waals surface area contributed by atoms with Crippen molar-refractivity contribution in [2.24, 2.45) is 0 Å². The van der Waals surface area contributed by atoms with E-state index in [0.717, 1.165) is 17.7 Å². The van der Waals surface area contributed by atoms with Crippen LogP contribution in [0, 0.1) is 0 Å². The van der Waals surface area contributed by atoms with Crippen LogP contribution >= 0.6 is 23.2 Å². The Hall–Kier alpha value is -1.03. The lowest BCUT2D eigenvalue weighted by Gasteiger charge is -2.06. The number of hydrogen-bond acceptors (Lipinski definition) is 3. The van der Waals surface area contributed by atoms with Crippen LogP contribution < -0.4 is 5.32 Å². The summed E-state index contributed by atoms with van der Waals surface area (Å²) in [4.78, 5) is 4.17. The molecule has 1 aromatic carbocycles. The van der Waals surface area contributed by atoms with E-state index in [1.807, 2.05) is 19.1 Å². The summed E-state index contributed by atoms with van der Waals surface area (Å²) in [5.74, 6) is 1.58. The molecule has 2 rings (SSSR count). The van der Waals surface area contributed by atoms with E-state index < -0.39 is 0 Å². The maximum absolute atomic E-state index is 6.09. The first-order valence-corrected chi connectivity index (χ1v) is 6.53. The largest absolute Gasteiger partial charge is 0.444 e. The number of rotatable bonds is 5. The molecule has 3 nitrogen and oxygen atoms in total. The van der Waals surface area contributed by atoms with Gasteiger partial charge in [0.05, 0.1) is 22.8 Å². The smallest absolute Gasteiger partial charge is 0.208 e. The van der Waals surface area contributed by atoms with E-state index in [2.05, 4.69) is 10.3 Å². The average molecular weight is 285 g/mol. The minimum atomic E-state index is 0.570. The molecule has 0 saturated carbocycles. The van der Waals surface area contributed by atoms with Crippen LogP contribution in [-0.4, -0.2) is 4.98 Å². The fraction of sp³-hybridized carbons (Fsp3) is 0.308. The predicted octanol–water partition coefficient (Wildman–Crippen LogP) is 3.83. The van der Waals surface area contributed by atoms with Gasteiger partial charge in [-0.2, -0.15) is 0 Å². The van der Waals surface area contributed by atoms with Crippen molar-refractivity contribution in [2.45, 2.75) is 26.4 Å². The van der Waals surface area contributed by atoms with E-state index in [9.17, 15) is 0 Å². The van der Waals surface area contributed by atoms with E-state index >= 15 is 0 Å². The van der Waals surface area contributed by atoms with Gasteiger partial charge in [0, 0.05) is 13.0 Å². The number of hydrogen-bond donors (Lipinski definition) is 1. The summed E-state index contributed by atoms with van der Waals surface area (Å²) in [7, 11) is 0. The van der Waals surface area contributed by atoms with Crippen LogP contribution in [0.25, 0.3) is 0 Å². The molecule has 5 heteroatoms. The molecular weight excluding hydrogens is 271 g/mol. The highest BCUT2D eigenvalue weighted by Crippen LogP contribution is 2.25. The maximum atomic E-state index is 6.09. The second kappa shape index (κ2) is 6.23. The molecule has 0 spiro atoms. The van der Waals surface area contributed by atoms with Crippen molar-refractivity contribution in [1.29, 1.82) is 0 Å². The molecule has 0 aliphatic carbocycles. The minimum absolute atomic E-state index is 0.570. The summed E-state index contributed by atoms with van der Waals surface area (Å²) in [6.07, 6.45) is 2.61. The minimum Gasteiger partial charge on any atom is -0.444 e. The number of halogens is 2. The van der Waals surface area contributed by atoms with Gasteiger partial charge in [0.2, 0.25) is 5.89 Å². The standard InChI is InChI=1S/C13H14Cl2N2O/c1-2-10-7-17-12(18-10)8-16-6-9-4-3-5-11(14)13(9)15/h3-5,7,16H,2,6,8H2,1H3. The normalized spacial score (nSPS) is 10.8. The summed E-state index contributed by atoms with van der Waals surface area (Å²) in [5, 5.41) is 4.38. The number of nitrogens with one attached hydrogen (secondary N) is 1. The number of nitrogens with zero attached hydrogens (tertiary/aromatic N) is 1. The van der Waals surface area contributed by atoms with Crippen molar-refractivity contribution in [3.63, 3.8) is 0 Å². The SMILES string of the molecule is CCc1cnc(CNCc2cccc(Cl)c2Cl)o1. The van der Waals surface area contributed by atoms with Crippen molar-refractivity contribution in [2.75, 3.05) is 0 Å². The number of aryl methyl sites for hydroxylation is 1. The number of oxazole rings is 1. The summed E-state index contributed by atoms with van der Waals surface area (Å²) in [6.45, 7) is 3.23. The van der Waals surface area contributed by atoms with E-state index in [4.69, 9.17) is 27.6 Å². The summed E-state index contributed by atoms with van der Waals surface area (Å²) in [5.41, 5.74) is 0.964. The number of aromatic nitrogens is 1. The maximum Gasteiger partial charge on any atom is 0.208 e. The van der Waals surface area contributed by atoms with Crippen molar-refractivity contribution in [3.05, 3.63) is 51.7 Å². The van der Waals surface area contributed by atoms with Gasteiger partial charge < -0.3 is 9.73 Å². The van der Waals surface area contributed by atoms with Crippen LogP contribution in [0.2, 0.25) is 10.0 Å².